The van der Waals surface area contributed by atoms with Crippen molar-refractivity contribution in [1.82, 2.24) is 5.32 Å². The van der Waals surface area contributed by atoms with Gasteiger partial charge in [-0.3, -0.25) is 0 Å². The lowest BCUT2D eigenvalue weighted by Crippen LogP contribution is -2.41. The van der Waals surface area contributed by atoms with Crippen LogP contribution in [0, 0.1) is 11.8 Å². The maximum atomic E-state index is 10.0. The van der Waals surface area contributed by atoms with E-state index >= 15 is 0 Å². The largest absolute Gasteiger partial charge is 0.491 e. The second-order valence-corrected chi connectivity index (χ2v) is 6.73. The van der Waals surface area contributed by atoms with Crippen molar-refractivity contribution < 1.29 is 9.84 Å². The number of aliphatic hydroxyl groups is 1. The minimum atomic E-state index is -0.490. The summed E-state index contributed by atoms with van der Waals surface area (Å²) in [5.41, 5.74) is 0. The van der Waals surface area contributed by atoms with Gasteiger partial charge in [-0.1, -0.05) is 25.4 Å². The Hall–Kier alpha value is -0.770. The van der Waals surface area contributed by atoms with Gasteiger partial charge in [-0.05, 0) is 55.4 Å². The zero-order valence-corrected chi connectivity index (χ0v) is 13.6. The second kappa shape index (κ2) is 8.02. The highest BCUT2D eigenvalue weighted by atomic mass is 35.5. The van der Waals surface area contributed by atoms with Gasteiger partial charge in [0, 0.05) is 17.6 Å². The van der Waals surface area contributed by atoms with Gasteiger partial charge in [-0.15, -0.1) is 0 Å². The summed E-state index contributed by atoms with van der Waals surface area (Å²) in [5.74, 6) is 2.32. The zero-order chi connectivity index (χ0) is 15.2. The van der Waals surface area contributed by atoms with E-state index in [1.54, 1.807) is 12.1 Å². The molecule has 0 saturated heterocycles. The number of nitrogens with one attached hydrogen (secondary N) is 1. The molecule has 1 aliphatic carbocycles. The van der Waals surface area contributed by atoms with Gasteiger partial charge < -0.3 is 15.2 Å². The van der Waals surface area contributed by atoms with E-state index in [2.05, 4.69) is 19.2 Å². The Morgan fingerprint density at radius 1 is 1.24 bits per heavy atom. The molecule has 0 spiro atoms. The summed E-state index contributed by atoms with van der Waals surface area (Å²) in [4.78, 5) is 0. The molecule has 0 aromatic heterocycles. The fraction of sp³-hybridized carbons (Fsp3) is 0.647. The van der Waals surface area contributed by atoms with Crippen LogP contribution < -0.4 is 10.1 Å². The smallest absolute Gasteiger partial charge is 0.119 e. The number of ether oxygens (including phenoxy) is 1. The van der Waals surface area contributed by atoms with Crippen molar-refractivity contribution in [2.24, 2.45) is 11.8 Å². The van der Waals surface area contributed by atoms with E-state index < -0.39 is 6.10 Å². The highest BCUT2D eigenvalue weighted by Crippen LogP contribution is 2.29. The van der Waals surface area contributed by atoms with Crippen molar-refractivity contribution in [3.8, 4) is 5.75 Å². The first-order chi connectivity index (χ1) is 10.0. The van der Waals surface area contributed by atoms with Crippen molar-refractivity contribution in [3.63, 3.8) is 0 Å². The number of hydrogen-bond donors (Lipinski definition) is 2. The first kappa shape index (κ1) is 16.6. The third-order valence-corrected chi connectivity index (χ3v) is 4.75. The third kappa shape index (κ3) is 5.50. The van der Waals surface area contributed by atoms with E-state index in [0.29, 0.717) is 24.2 Å². The molecule has 1 aliphatic rings. The number of rotatable bonds is 6. The van der Waals surface area contributed by atoms with Gasteiger partial charge >= 0.3 is 0 Å². The summed E-state index contributed by atoms with van der Waals surface area (Å²) in [5, 5.41) is 14.2. The van der Waals surface area contributed by atoms with Crippen LogP contribution in [0.2, 0.25) is 5.02 Å². The van der Waals surface area contributed by atoms with Crippen LogP contribution in [0.5, 0.6) is 5.75 Å². The monoisotopic (exact) mass is 311 g/mol. The molecule has 1 fully saturated rings. The van der Waals surface area contributed by atoms with Crippen LogP contribution in [0.3, 0.4) is 0 Å². The highest BCUT2D eigenvalue weighted by Gasteiger charge is 2.24. The van der Waals surface area contributed by atoms with Crippen LogP contribution in [-0.2, 0) is 0 Å². The summed E-state index contributed by atoms with van der Waals surface area (Å²) >= 11 is 5.82. The molecule has 21 heavy (non-hydrogen) atoms. The molecule has 4 heteroatoms. The van der Waals surface area contributed by atoms with Crippen LogP contribution in [0.15, 0.2) is 24.3 Å². The maximum Gasteiger partial charge on any atom is 0.119 e. The zero-order valence-electron chi connectivity index (χ0n) is 12.9. The topological polar surface area (TPSA) is 41.5 Å². The van der Waals surface area contributed by atoms with Crippen molar-refractivity contribution in [1.29, 1.82) is 0 Å². The fourth-order valence-corrected chi connectivity index (χ4v) is 2.94. The first-order valence-corrected chi connectivity index (χ1v) is 8.22. The molecule has 4 atom stereocenters. The lowest BCUT2D eigenvalue weighted by Gasteiger charge is -2.33. The maximum absolute atomic E-state index is 10.0. The molecule has 2 rings (SSSR count). The fourth-order valence-electron chi connectivity index (χ4n) is 2.82. The molecule has 0 amide bonds. The molecular formula is C17H26ClNO2. The van der Waals surface area contributed by atoms with Crippen LogP contribution in [0.1, 0.15) is 33.1 Å². The van der Waals surface area contributed by atoms with E-state index in [0.717, 1.165) is 17.6 Å². The Labute approximate surface area is 132 Å². The standard InChI is InChI=1S/C17H26ClNO2/c1-12-3-6-15(9-13(12)2)19-10-16(20)11-21-17-7-4-14(18)5-8-17/h4-5,7-8,12-13,15-16,19-20H,3,6,9-11H2,1-2H3. The number of benzene rings is 1. The predicted molar refractivity (Wildman–Crippen MR) is 86.9 cm³/mol. The number of hydrogen-bond acceptors (Lipinski definition) is 3. The summed E-state index contributed by atoms with van der Waals surface area (Å²) in [6.45, 7) is 5.53. The highest BCUT2D eigenvalue weighted by molar-refractivity contribution is 6.30. The molecule has 3 nitrogen and oxygen atoms in total. The van der Waals surface area contributed by atoms with E-state index in [4.69, 9.17) is 16.3 Å². The molecule has 1 aromatic carbocycles. The third-order valence-electron chi connectivity index (χ3n) is 4.50. The van der Waals surface area contributed by atoms with Crippen LogP contribution in [0.4, 0.5) is 0 Å². The normalized spacial score (nSPS) is 27.3. The summed E-state index contributed by atoms with van der Waals surface area (Å²) in [6, 6.07) is 7.72. The Kier molecular flexibility index (Phi) is 6.34. The van der Waals surface area contributed by atoms with Crippen molar-refractivity contribution in [2.45, 2.75) is 45.3 Å². The molecule has 118 valence electrons. The molecule has 0 bridgehead atoms. The SMILES string of the molecule is CC1CCC(NCC(O)COc2ccc(Cl)cc2)CC1C. The van der Waals surface area contributed by atoms with Crippen LogP contribution in [-0.4, -0.2) is 30.4 Å². The number of aliphatic hydroxyl groups excluding tert-OH is 1. The van der Waals surface area contributed by atoms with Gasteiger partial charge in [0.15, 0.2) is 0 Å². The Morgan fingerprint density at radius 2 is 1.95 bits per heavy atom. The van der Waals surface area contributed by atoms with Gasteiger partial charge in [0.1, 0.15) is 18.5 Å². The minimum Gasteiger partial charge on any atom is -0.491 e. The predicted octanol–water partition coefficient (Wildman–Crippen LogP) is 3.49. The summed E-state index contributed by atoms with van der Waals surface area (Å²) < 4.78 is 5.55. The van der Waals surface area contributed by atoms with Gasteiger partial charge in [0.25, 0.3) is 0 Å². The molecule has 1 saturated carbocycles. The quantitative estimate of drug-likeness (QED) is 0.845. The Bertz CT molecular complexity index is 423. The van der Waals surface area contributed by atoms with Crippen LogP contribution in [0.25, 0.3) is 0 Å². The van der Waals surface area contributed by atoms with Gasteiger partial charge in [0.05, 0.1) is 0 Å². The van der Waals surface area contributed by atoms with E-state index in [-0.39, 0.29) is 0 Å². The van der Waals surface area contributed by atoms with Crippen molar-refractivity contribution in [2.75, 3.05) is 13.2 Å². The van der Waals surface area contributed by atoms with Gasteiger partial charge in [-0.25, -0.2) is 0 Å². The minimum absolute atomic E-state index is 0.299. The van der Waals surface area contributed by atoms with Crippen molar-refractivity contribution >= 4 is 11.6 Å². The molecular weight excluding hydrogens is 286 g/mol. The molecule has 0 aliphatic heterocycles. The molecule has 2 N–H and O–H groups in total. The lowest BCUT2D eigenvalue weighted by atomic mass is 9.79. The molecule has 1 aromatic rings. The van der Waals surface area contributed by atoms with Crippen LogP contribution >= 0.6 is 11.6 Å². The summed E-state index contributed by atoms with van der Waals surface area (Å²) in [6.07, 6.45) is 3.19. The van der Waals surface area contributed by atoms with Gasteiger partial charge in [-0.2, -0.15) is 0 Å². The average Bonchev–Trinajstić information content (AvgIpc) is 2.48. The Morgan fingerprint density at radius 3 is 2.62 bits per heavy atom. The summed E-state index contributed by atoms with van der Waals surface area (Å²) in [7, 11) is 0. The first-order valence-electron chi connectivity index (χ1n) is 7.84. The molecule has 0 radical (unpaired) electrons. The van der Waals surface area contributed by atoms with E-state index in [1.807, 2.05) is 12.1 Å². The lowest BCUT2D eigenvalue weighted by molar-refractivity contribution is 0.0983. The van der Waals surface area contributed by atoms with Gasteiger partial charge in [0.2, 0.25) is 0 Å². The Balaban J connectivity index is 1.65. The number of halogens is 1. The molecule has 4 unspecified atom stereocenters. The van der Waals surface area contributed by atoms with E-state index in [1.165, 1.54) is 19.3 Å². The van der Waals surface area contributed by atoms with Crippen molar-refractivity contribution in [3.05, 3.63) is 29.3 Å². The second-order valence-electron chi connectivity index (χ2n) is 6.29. The molecule has 0 heterocycles. The van der Waals surface area contributed by atoms with E-state index in [9.17, 15) is 5.11 Å². The average molecular weight is 312 g/mol.